The van der Waals surface area contributed by atoms with E-state index in [1.807, 2.05) is 41.8 Å². The number of carbonyl (C=O) groups is 1. The minimum atomic E-state index is -0.684. The topological polar surface area (TPSA) is 116 Å². The first-order valence-electron chi connectivity index (χ1n) is 10.6. The number of nitrogens with zero attached hydrogens (tertiary/aromatic N) is 4. The number of carbonyl (C=O) groups excluding carboxylic acids is 1. The Hall–Kier alpha value is -3.69. The van der Waals surface area contributed by atoms with Crippen molar-refractivity contribution in [1.29, 1.82) is 0 Å². The van der Waals surface area contributed by atoms with Crippen molar-refractivity contribution in [3.8, 4) is 22.4 Å². The van der Waals surface area contributed by atoms with Crippen molar-refractivity contribution < 1.29 is 9.53 Å². The Labute approximate surface area is 194 Å². The summed E-state index contributed by atoms with van der Waals surface area (Å²) in [6.45, 7) is 1.06. The molecule has 9 heteroatoms. The average molecular weight is 459 g/mol. The van der Waals surface area contributed by atoms with Gasteiger partial charge in [-0.15, -0.1) is 11.3 Å². The number of ether oxygens (including phenoxy) is 1. The number of amides is 1. The number of nitrogen functional groups attached to an aromatic ring is 1. The van der Waals surface area contributed by atoms with Gasteiger partial charge < -0.3 is 15.8 Å². The second-order valence-electron chi connectivity index (χ2n) is 7.83. The van der Waals surface area contributed by atoms with Crippen LogP contribution in [-0.2, 0) is 14.9 Å². The molecule has 3 N–H and O–H groups in total. The third-order valence-electron chi connectivity index (χ3n) is 5.92. The van der Waals surface area contributed by atoms with Crippen LogP contribution in [0.1, 0.15) is 18.4 Å². The SMILES string of the molecule is Nc1ncc(-c2ccc(C3(C(=O)Nc4nc(-c5ccncc5)cs4)CCOCC3)cc2)cn1. The lowest BCUT2D eigenvalue weighted by molar-refractivity contribution is -0.125. The molecular formula is C24H22N6O2S. The Balaban J connectivity index is 1.40. The predicted molar refractivity (Wildman–Crippen MR) is 128 cm³/mol. The minimum Gasteiger partial charge on any atom is -0.381 e. The van der Waals surface area contributed by atoms with Crippen molar-refractivity contribution in [2.45, 2.75) is 18.3 Å². The van der Waals surface area contributed by atoms with Crippen molar-refractivity contribution in [2.24, 2.45) is 0 Å². The number of aromatic nitrogens is 4. The molecule has 1 fully saturated rings. The number of thiazole rings is 1. The van der Waals surface area contributed by atoms with E-state index in [1.54, 1.807) is 24.8 Å². The van der Waals surface area contributed by atoms with Crippen molar-refractivity contribution in [3.63, 3.8) is 0 Å². The Bertz CT molecular complexity index is 1240. The maximum Gasteiger partial charge on any atom is 0.236 e. The van der Waals surface area contributed by atoms with Crippen LogP contribution < -0.4 is 11.1 Å². The molecule has 1 aromatic carbocycles. The number of benzene rings is 1. The molecule has 1 aliphatic rings. The van der Waals surface area contributed by atoms with E-state index in [1.165, 1.54) is 11.3 Å². The maximum absolute atomic E-state index is 13.6. The van der Waals surface area contributed by atoms with Gasteiger partial charge in [-0.05, 0) is 36.1 Å². The van der Waals surface area contributed by atoms with Crippen molar-refractivity contribution >= 4 is 28.3 Å². The summed E-state index contributed by atoms with van der Waals surface area (Å²) >= 11 is 1.41. The van der Waals surface area contributed by atoms with Gasteiger partial charge in [-0.3, -0.25) is 9.78 Å². The molecule has 1 aliphatic heterocycles. The monoisotopic (exact) mass is 458 g/mol. The third kappa shape index (κ3) is 4.33. The summed E-state index contributed by atoms with van der Waals surface area (Å²) in [7, 11) is 0. The highest BCUT2D eigenvalue weighted by molar-refractivity contribution is 7.14. The molecule has 0 atom stereocenters. The van der Waals surface area contributed by atoms with Gasteiger partial charge in [0, 0.05) is 54.5 Å². The van der Waals surface area contributed by atoms with Crippen LogP contribution in [0.15, 0.2) is 66.6 Å². The molecule has 5 rings (SSSR count). The van der Waals surface area contributed by atoms with Crippen LogP contribution in [0.4, 0.5) is 11.1 Å². The summed E-state index contributed by atoms with van der Waals surface area (Å²) in [6, 6.07) is 11.8. The van der Waals surface area contributed by atoms with Crippen LogP contribution in [-0.4, -0.2) is 39.1 Å². The number of anilines is 2. The number of pyridine rings is 1. The minimum absolute atomic E-state index is 0.0648. The molecule has 4 aromatic rings. The number of nitrogens with two attached hydrogens (primary N) is 1. The number of hydrogen-bond donors (Lipinski definition) is 2. The molecule has 0 aliphatic carbocycles. The normalized spacial score (nSPS) is 15.2. The van der Waals surface area contributed by atoms with Crippen LogP contribution in [0.25, 0.3) is 22.4 Å². The molecular weight excluding hydrogens is 436 g/mol. The van der Waals surface area contributed by atoms with E-state index in [4.69, 9.17) is 10.5 Å². The fourth-order valence-electron chi connectivity index (χ4n) is 4.04. The fourth-order valence-corrected chi connectivity index (χ4v) is 4.75. The predicted octanol–water partition coefficient (Wildman–Crippen LogP) is 3.93. The Kier molecular flexibility index (Phi) is 5.80. The quantitative estimate of drug-likeness (QED) is 0.465. The number of hydrogen-bond acceptors (Lipinski definition) is 8. The van der Waals surface area contributed by atoms with E-state index in [2.05, 4.69) is 25.3 Å². The second-order valence-corrected chi connectivity index (χ2v) is 8.69. The highest BCUT2D eigenvalue weighted by Gasteiger charge is 2.42. The van der Waals surface area contributed by atoms with Crippen LogP contribution in [0.2, 0.25) is 0 Å². The smallest absolute Gasteiger partial charge is 0.236 e. The average Bonchev–Trinajstić information content (AvgIpc) is 3.34. The van der Waals surface area contributed by atoms with Crippen LogP contribution in [0.3, 0.4) is 0 Å². The van der Waals surface area contributed by atoms with Gasteiger partial charge in [0.1, 0.15) is 0 Å². The molecule has 3 aromatic heterocycles. The first-order chi connectivity index (χ1) is 16.1. The summed E-state index contributed by atoms with van der Waals surface area (Å²) in [5.41, 5.74) is 9.46. The maximum atomic E-state index is 13.6. The van der Waals surface area contributed by atoms with E-state index < -0.39 is 5.41 Å². The van der Waals surface area contributed by atoms with Gasteiger partial charge >= 0.3 is 0 Å². The summed E-state index contributed by atoms with van der Waals surface area (Å²) < 4.78 is 5.59. The van der Waals surface area contributed by atoms with E-state index in [0.717, 1.165) is 27.9 Å². The summed E-state index contributed by atoms with van der Waals surface area (Å²) in [5, 5.41) is 5.57. The molecule has 0 bridgehead atoms. The molecule has 33 heavy (non-hydrogen) atoms. The highest BCUT2D eigenvalue weighted by atomic mass is 32.1. The Morgan fingerprint density at radius 3 is 2.36 bits per heavy atom. The van der Waals surface area contributed by atoms with Gasteiger partial charge in [-0.25, -0.2) is 15.0 Å². The Morgan fingerprint density at radius 1 is 0.970 bits per heavy atom. The standard InChI is InChI=1S/C24H22N6O2S/c25-22-27-13-18(14-28-22)16-1-3-19(4-2-16)24(7-11-32-12-8-24)21(31)30-23-29-20(15-33-23)17-5-9-26-10-6-17/h1-6,9-10,13-15H,7-8,11-12H2,(H2,25,27,28)(H,29,30,31). The van der Waals surface area contributed by atoms with E-state index >= 15 is 0 Å². The largest absolute Gasteiger partial charge is 0.381 e. The molecule has 0 unspecified atom stereocenters. The Morgan fingerprint density at radius 2 is 1.67 bits per heavy atom. The van der Waals surface area contributed by atoms with Crippen LogP contribution >= 0.6 is 11.3 Å². The molecule has 0 spiro atoms. The lowest BCUT2D eigenvalue weighted by Gasteiger charge is -2.36. The van der Waals surface area contributed by atoms with Gasteiger partial charge in [0.15, 0.2) is 5.13 Å². The van der Waals surface area contributed by atoms with E-state index in [0.29, 0.717) is 31.2 Å². The fraction of sp³-hybridized carbons (Fsp3) is 0.208. The van der Waals surface area contributed by atoms with Gasteiger partial charge in [0.25, 0.3) is 0 Å². The summed E-state index contributed by atoms with van der Waals surface area (Å²) in [4.78, 5) is 30.3. The van der Waals surface area contributed by atoms with Gasteiger partial charge in [0.2, 0.25) is 11.9 Å². The van der Waals surface area contributed by atoms with Crippen molar-refractivity contribution in [3.05, 3.63) is 72.1 Å². The number of nitrogens with one attached hydrogen (secondary N) is 1. The van der Waals surface area contributed by atoms with E-state index in [9.17, 15) is 4.79 Å². The molecule has 166 valence electrons. The zero-order chi connectivity index (χ0) is 22.7. The second kappa shape index (κ2) is 9.05. The molecule has 0 saturated carbocycles. The van der Waals surface area contributed by atoms with Crippen LogP contribution in [0, 0.1) is 0 Å². The van der Waals surface area contributed by atoms with Crippen molar-refractivity contribution in [1.82, 2.24) is 19.9 Å². The summed E-state index contributed by atoms with van der Waals surface area (Å²) in [6.07, 6.45) is 8.04. The van der Waals surface area contributed by atoms with Crippen molar-refractivity contribution in [2.75, 3.05) is 24.3 Å². The third-order valence-corrected chi connectivity index (χ3v) is 6.68. The zero-order valence-electron chi connectivity index (χ0n) is 17.8. The van der Waals surface area contributed by atoms with E-state index in [-0.39, 0.29) is 11.9 Å². The molecule has 8 nitrogen and oxygen atoms in total. The number of rotatable bonds is 5. The molecule has 1 saturated heterocycles. The summed E-state index contributed by atoms with van der Waals surface area (Å²) in [5.74, 6) is 0.174. The lowest BCUT2D eigenvalue weighted by Crippen LogP contribution is -2.44. The van der Waals surface area contributed by atoms with Crippen LogP contribution in [0.5, 0.6) is 0 Å². The van der Waals surface area contributed by atoms with Gasteiger partial charge in [-0.1, -0.05) is 24.3 Å². The lowest BCUT2D eigenvalue weighted by atomic mass is 9.73. The highest BCUT2D eigenvalue weighted by Crippen LogP contribution is 2.37. The molecule has 4 heterocycles. The first kappa shape index (κ1) is 21.2. The van der Waals surface area contributed by atoms with Gasteiger partial charge in [0.05, 0.1) is 11.1 Å². The van der Waals surface area contributed by atoms with Gasteiger partial charge in [-0.2, -0.15) is 0 Å². The first-order valence-corrected chi connectivity index (χ1v) is 11.5. The molecule has 0 radical (unpaired) electrons. The zero-order valence-corrected chi connectivity index (χ0v) is 18.6. The molecule has 1 amide bonds.